The highest BCUT2D eigenvalue weighted by Crippen LogP contribution is 2.33. The molecule has 0 radical (unpaired) electrons. The summed E-state index contributed by atoms with van der Waals surface area (Å²) in [5.74, 6) is 0.488. The molecule has 3 nitrogen and oxygen atoms in total. The van der Waals surface area contributed by atoms with E-state index in [2.05, 4.69) is 59.2 Å². The van der Waals surface area contributed by atoms with Crippen LogP contribution in [0.25, 0.3) is 33.6 Å². The molecule has 3 heteroatoms. The van der Waals surface area contributed by atoms with E-state index in [-0.39, 0.29) is 5.78 Å². The maximum Gasteiger partial charge on any atom is 0.189 e. The molecule has 0 bridgehead atoms. The first kappa shape index (κ1) is 18.9. The first-order valence-electron chi connectivity index (χ1n) is 10.2. The van der Waals surface area contributed by atoms with E-state index in [1.54, 1.807) is 25.3 Å². The Kier molecular flexibility index (Phi) is 4.85. The SMILES string of the molecule is COc1ccccc1C(=O)/C=C/c1ccccc1-n1c2ccccc2c2ccccc21. The zero-order valence-corrected chi connectivity index (χ0v) is 17.2. The van der Waals surface area contributed by atoms with Crippen LogP contribution < -0.4 is 4.74 Å². The summed E-state index contributed by atoms with van der Waals surface area (Å²) in [6, 6.07) is 32.2. The third kappa shape index (κ3) is 3.30. The van der Waals surface area contributed by atoms with Crippen LogP contribution in [0.5, 0.6) is 5.75 Å². The van der Waals surface area contributed by atoms with Gasteiger partial charge in [-0.15, -0.1) is 0 Å². The van der Waals surface area contributed by atoms with Gasteiger partial charge < -0.3 is 9.30 Å². The van der Waals surface area contributed by atoms with Gasteiger partial charge in [0.1, 0.15) is 5.75 Å². The maximum absolute atomic E-state index is 12.8. The lowest BCUT2D eigenvalue weighted by Crippen LogP contribution is -1.99. The van der Waals surface area contributed by atoms with Gasteiger partial charge in [0.15, 0.2) is 5.78 Å². The molecule has 0 saturated carbocycles. The van der Waals surface area contributed by atoms with Crippen LogP contribution in [0.15, 0.2) is 103 Å². The predicted octanol–water partition coefficient (Wildman–Crippen LogP) is 6.69. The Labute approximate surface area is 180 Å². The highest BCUT2D eigenvalue weighted by molar-refractivity contribution is 6.10. The molecule has 0 N–H and O–H groups in total. The molecule has 1 heterocycles. The molecule has 1 aromatic heterocycles. The number of allylic oxidation sites excluding steroid dienone is 1. The molecule has 0 fully saturated rings. The predicted molar refractivity (Wildman–Crippen MR) is 127 cm³/mol. The number of benzene rings is 4. The fourth-order valence-corrected chi connectivity index (χ4v) is 4.12. The van der Waals surface area contributed by atoms with Gasteiger partial charge in [0.25, 0.3) is 0 Å². The molecule has 0 aliphatic heterocycles. The van der Waals surface area contributed by atoms with Crippen molar-refractivity contribution in [3.8, 4) is 11.4 Å². The van der Waals surface area contributed by atoms with E-state index in [1.807, 2.05) is 36.4 Å². The number of hydrogen-bond acceptors (Lipinski definition) is 2. The minimum atomic E-state index is -0.0884. The fraction of sp³-hybridized carbons (Fsp3) is 0.0357. The fourth-order valence-electron chi connectivity index (χ4n) is 4.12. The average molecular weight is 403 g/mol. The molecule has 0 aliphatic carbocycles. The van der Waals surface area contributed by atoms with Crippen molar-refractivity contribution in [3.05, 3.63) is 114 Å². The molecular weight excluding hydrogens is 382 g/mol. The second kappa shape index (κ2) is 7.96. The summed E-state index contributed by atoms with van der Waals surface area (Å²) in [6.45, 7) is 0. The van der Waals surface area contributed by atoms with E-state index in [0.29, 0.717) is 11.3 Å². The Morgan fingerprint density at radius 1 is 0.742 bits per heavy atom. The lowest BCUT2D eigenvalue weighted by atomic mass is 10.1. The van der Waals surface area contributed by atoms with Gasteiger partial charge >= 0.3 is 0 Å². The standard InChI is InChI=1S/C28H21NO2/c1-31-28-17-9-5-13-23(28)27(30)19-18-20-10-2-6-14-24(20)29-25-15-7-3-11-21(25)22-12-4-8-16-26(22)29/h2-19H,1H3/b19-18+. The van der Waals surface area contributed by atoms with E-state index in [4.69, 9.17) is 4.74 Å². The number of ether oxygens (including phenoxy) is 1. The van der Waals surface area contributed by atoms with Crippen molar-refractivity contribution in [1.82, 2.24) is 4.57 Å². The van der Waals surface area contributed by atoms with Gasteiger partial charge in [-0.1, -0.05) is 66.7 Å². The van der Waals surface area contributed by atoms with Crippen LogP contribution in [-0.4, -0.2) is 17.5 Å². The molecule has 0 amide bonds. The van der Waals surface area contributed by atoms with Gasteiger partial charge in [-0.05, 0) is 48.0 Å². The maximum atomic E-state index is 12.8. The van der Waals surface area contributed by atoms with Gasteiger partial charge in [0, 0.05) is 10.8 Å². The van der Waals surface area contributed by atoms with Gasteiger partial charge in [-0.2, -0.15) is 0 Å². The van der Waals surface area contributed by atoms with Crippen molar-refractivity contribution >= 4 is 33.7 Å². The van der Waals surface area contributed by atoms with Crippen LogP contribution in [0.4, 0.5) is 0 Å². The third-order valence-corrected chi connectivity index (χ3v) is 5.54. The Balaban J connectivity index is 1.64. The molecule has 0 atom stereocenters. The first-order valence-corrected chi connectivity index (χ1v) is 10.2. The van der Waals surface area contributed by atoms with E-state index in [1.165, 1.54) is 10.8 Å². The minimum absolute atomic E-state index is 0.0884. The number of para-hydroxylation sites is 4. The van der Waals surface area contributed by atoms with E-state index >= 15 is 0 Å². The summed E-state index contributed by atoms with van der Waals surface area (Å²) in [5.41, 5.74) is 4.83. The molecule has 5 rings (SSSR count). The van der Waals surface area contributed by atoms with Crippen LogP contribution in [0.3, 0.4) is 0 Å². The normalized spacial score (nSPS) is 11.4. The molecule has 150 valence electrons. The van der Waals surface area contributed by atoms with Crippen molar-refractivity contribution in [2.45, 2.75) is 0 Å². The monoisotopic (exact) mass is 403 g/mol. The Bertz CT molecular complexity index is 1390. The summed E-state index contributed by atoms with van der Waals surface area (Å²) in [6.07, 6.45) is 3.50. The average Bonchev–Trinajstić information content (AvgIpc) is 3.17. The van der Waals surface area contributed by atoms with Crippen molar-refractivity contribution in [2.75, 3.05) is 7.11 Å². The summed E-state index contributed by atoms with van der Waals surface area (Å²) < 4.78 is 7.60. The van der Waals surface area contributed by atoms with Crippen LogP contribution in [0, 0.1) is 0 Å². The molecule has 31 heavy (non-hydrogen) atoms. The number of ketones is 1. The number of nitrogens with zero attached hydrogens (tertiary/aromatic N) is 1. The molecular formula is C28H21NO2. The number of carbonyl (C=O) groups is 1. The number of carbonyl (C=O) groups excluding carboxylic acids is 1. The molecule has 0 aliphatic rings. The molecule has 5 aromatic rings. The molecule has 0 spiro atoms. The van der Waals surface area contributed by atoms with Crippen LogP contribution in [0.2, 0.25) is 0 Å². The summed E-state index contributed by atoms with van der Waals surface area (Å²) in [5, 5.41) is 2.42. The zero-order chi connectivity index (χ0) is 21.2. The molecule has 4 aromatic carbocycles. The lowest BCUT2D eigenvalue weighted by Gasteiger charge is -2.11. The summed E-state index contributed by atoms with van der Waals surface area (Å²) >= 11 is 0. The number of rotatable bonds is 5. The molecule has 0 saturated heterocycles. The van der Waals surface area contributed by atoms with Crippen LogP contribution in [0.1, 0.15) is 15.9 Å². The second-order valence-corrected chi connectivity index (χ2v) is 7.33. The Morgan fingerprint density at radius 3 is 2.03 bits per heavy atom. The molecule has 0 unspecified atom stereocenters. The minimum Gasteiger partial charge on any atom is -0.496 e. The van der Waals surface area contributed by atoms with Crippen LogP contribution >= 0.6 is 0 Å². The largest absolute Gasteiger partial charge is 0.496 e. The van der Waals surface area contributed by atoms with E-state index < -0.39 is 0 Å². The number of methoxy groups -OCH3 is 1. The zero-order valence-electron chi connectivity index (χ0n) is 17.2. The summed E-state index contributed by atoms with van der Waals surface area (Å²) in [4.78, 5) is 12.8. The van der Waals surface area contributed by atoms with E-state index in [9.17, 15) is 4.79 Å². The van der Waals surface area contributed by atoms with Gasteiger partial charge in [0.05, 0.1) is 29.4 Å². The van der Waals surface area contributed by atoms with Gasteiger partial charge in [-0.3, -0.25) is 4.79 Å². The number of fused-ring (bicyclic) bond motifs is 3. The van der Waals surface area contributed by atoms with Crippen molar-refractivity contribution in [3.63, 3.8) is 0 Å². The summed E-state index contributed by atoms with van der Waals surface area (Å²) in [7, 11) is 1.58. The van der Waals surface area contributed by atoms with Gasteiger partial charge in [0.2, 0.25) is 0 Å². The first-order chi connectivity index (χ1) is 15.3. The number of aromatic nitrogens is 1. The van der Waals surface area contributed by atoms with E-state index in [0.717, 1.165) is 22.3 Å². The quantitative estimate of drug-likeness (QED) is 0.242. The number of hydrogen-bond donors (Lipinski definition) is 0. The van der Waals surface area contributed by atoms with Crippen LogP contribution in [-0.2, 0) is 0 Å². The smallest absolute Gasteiger partial charge is 0.189 e. The van der Waals surface area contributed by atoms with Crippen molar-refractivity contribution in [1.29, 1.82) is 0 Å². The lowest BCUT2D eigenvalue weighted by molar-refractivity contribution is 0.104. The van der Waals surface area contributed by atoms with Crippen molar-refractivity contribution < 1.29 is 9.53 Å². The third-order valence-electron chi connectivity index (χ3n) is 5.54. The highest BCUT2D eigenvalue weighted by atomic mass is 16.5. The van der Waals surface area contributed by atoms with Crippen molar-refractivity contribution in [2.24, 2.45) is 0 Å². The topological polar surface area (TPSA) is 31.2 Å². The second-order valence-electron chi connectivity index (χ2n) is 7.33. The van der Waals surface area contributed by atoms with Gasteiger partial charge in [-0.25, -0.2) is 0 Å². The highest BCUT2D eigenvalue weighted by Gasteiger charge is 2.13. The Hall–Kier alpha value is -4.11. The Morgan fingerprint density at radius 2 is 1.32 bits per heavy atom.